The van der Waals surface area contributed by atoms with E-state index in [2.05, 4.69) is 5.32 Å². The Morgan fingerprint density at radius 2 is 1.83 bits per heavy atom. The molecule has 0 spiro atoms. The Kier molecular flexibility index (Phi) is 2.74. The summed E-state index contributed by atoms with van der Waals surface area (Å²) in [5.74, 6) is 1.45. The maximum Gasteiger partial charge on any atom is 0.156 e. The Bertz CT molecular complexity index is 591. The maximum atomic E-state index is 9.32. The number of para-hydroxylation sites is 1. The number of ether oxygens (including phenoxy) is 1. The molecule has 90 valence electrons. The Balaban J connectivity index is 1.98. The van der Waals surface area contributed by atoms with Crippen LogP contribution < -0.4 is 10.1 Å². The molecular formula is C15H13NO2. The summed E-state index contributed by atoms with van der Waals surface area (Å²) in [5.41, 5.74) is 2.66. The molecule has 0 atom stereocenters. The van der Waals surface area contributed by atoms with E-state index in [9.17, 15) is 5.11 Å². The van der Waals surface area contributed by atoms with Gasteiger partial charge in [0.1, 0.15) is 0 Å². The molecule has 2 aromatic rings. The van der Waals surface area contributed by atoms with Crippen molar-refractivity contribution in [2.75, 3.05) is 5.32 Å². The highest BCUT2D eigenvalue weighted by Crippen LogP contribution is 2.36. The van der Waals surface area contributed by atoms with Crippen LogP contribution in [0.15, 0.2) is 54.7 Å². The molecule has 0 aliphatic carbocycles. The third-order valence-electron chi connectivity index (χ3n) is 2.90. The molecule has 1 aliphatic rings. The lowest BCUT2D eigenvalue weighted by Gasteiger charge is -2.21. The van der Waals surface area contributed by atoms with E-state index in [0.29, 0.717) is 5.75 Å². The van der Waals surface area contributed by atoms with Gasteiger partial charge < -0.3 is 15.2 Å². The normalized spacial score (nSPS) is 13.1. The molecule has 1 aliphatic heterocycles. The average Bonchev–Trinajstić information content (AvgIpc) is 2.47. The van der Waals surface area contributed by atoms with Crippen LogP contribution in [0.1, 0.15) is 11.1 Å². The van der Waals surface area contributed by atoms with Gasteiger partial charge in [-0.25, -0.2) is 0 Å². The van der Waals surface area contributed by atoms with Gasteiger partial charge in [0.2, 0.25) is 0 Å². The molecule has 0 saturated carbocycles. The average molecular weight is 239 g/mol. The van der Waals surface area contributed by atoms with Crippen molar-refractivity contribution < 1.29 is 9.84 Å². The number of nitrogens with one attached hydrogen (secondary N) is 1. The third-order valence-corrected chi connectivity index (χ3v) is 2.90. The molecule has 0 bridgehead atoms. The van der Waals surface area contributed by atoms with E-state index < -0.39 is 0 Å². The predicted molar refractivity (Wildman–Crippen MR) is 71.0 cm³/mol. The summed E-state index contributed by atoms with van der Waals surface area (Å²) in [4.78, 5) is 0. The summed E-state index contributed by atoms with van der Waals surface area (Å²) < 4.78 is 5.88. The van der Waals surface area contributed by atoms with E-state index in [1.54, 1.807) is 0 Å². The molecule has 0 radical (unpaired) electrons. The van der Waals surface area contributed by atoms with E-state index in [1.807, 2.05) is 54.7 Å². The number of rotatable bonds is 2. The van der Waals surface area contributed by atoms with Crippen LogP contribution in [0.5, 0.6) is 5.75 Å². The summed E-state index contributed by atoms with van der Waals surface area (Å²) in [7, 11) is 0. The third kappa shape index (κ3) is 1.85. The number of anilines is 1. The van der Waals surface area contributed by atoms with Crippen LogP contribution in [0.3, 0.4) is 0 Å². The first-order chi connectivity index (χ1) is 8.88. The number of fused-ring (bicyclic) bond motifs is 1. The van der Waals surface area contributed by atoms with Crippen molar-refractivity contribution in [2.45, 2.75) is 6.61 Å². The summed E-state index contributed by atoms with van der Waals surface area (Å²) in [6.07, 6.45) is 1.83. The van der Waals surface area contributed by atoms with Crippen molar-refractivity contribution in [1.29, 1.82) is 0 Å². The molecule has 2 aromatic carbocycles. The minimum atomic E-state index is -0.0348. The molecule has 0 unspecified atom stereocenters. The number of hydrogen-bond acceptors (Lipinski definition) is 3. The predicted octanol–water partition coefficient (Wildman–Crippen LogP) is 2.98. The van der Waals surface area contributed by atoms with Crippen molar-refractivity contribution in [1.82, 2.24) is 0 Å². The second-order valence-corrected chi connectivity index (χ2v) is 4.07. The molecule has 0 fully saturated rings. The van der Waals surface area contributed by atoms with Crippen LogP contribution in [-0.2, 0) is 6.61 Å². The van der Waals surface area contributed by atoms with Crippen LogP contribution in [0, 0.1) is 0 Å². The summed E-state index contributed by atoms with van der Waals surface area (Å²) in [6, 6.07) is 15.5. The number of hydrogen-bond donors (Lipinski definition) is 2. The lowest BCUT2D eigenvalue weighted by atomic mass is 10.1. The Morgan fingerprint density at radius 1 is 1.00 bits per heavy atom. The summed E-state index contributed by atoms with van der Waals surface area (Å²) in [6.45, 7) is -0.0348. The second kappa shape index (κ2) is 4.55. The molecule has 18 heavy (non-hydrogen) atoms. The van der Waals surface area contributed by atoms with Crippen molar-refractivity contribution >= 4 is 11.4 Å². The number of aliphatic hydroxyl groups is 1. The maximum absolute atomic E-state index is 9.32. The smallest absolute Gasteiger partial charge is 0.156 e. The Morgan fingerprint density at radius 3 is 2.61 bits per heavy atom. The zero-order chi connectivity index (χ0) is 12.4. The van der Waals surface area contributed by atoms with Crippen molar-refractivity contribution in [3.63, 3.8) is 0 Å². The Hall–Kier alpha value is -2.26. The highest BCUT2D eigenvalue weighted by Gasteiger charge is 2.16. The molecule has 0 amide bonds. The fourth-order valence-electron chi connectivity index (χ4n) is 1.97. The lowest BCUT2D eigenvalue weighted by Crippen LogP contribution is -2.08. The van der Waals surface area contributed by atoms with Crippen LogP contribution in [0.2, 0.25) is 0 Å². The molecule has 1 heterocycles. The molecule has 0 saturated heterocycles. The van der Waals surface area contributed by atoms with Gasteiger partial charge in [0.25, 0.3) is 0 Å². The first kappa shape index (κ1) is 10.9. The molecule has 3 rings (SSSR count). The highest BCUT2D eigenvalue weighted by molar-refractivity contribution is 5.74. The molecule has 3 heteroatoms. The van der Waals surface area contributed by atoms with E-state index >= 15 is 0 Å². The van der Waals surface area contributed by atoms with Crippen molar-refractivity contribution in [3.8, 4) is 5.75 Å². The topological polar surface area (TPSA) is 41.5 Å². The van der Waals surface area contributed by atoms with Gasteiger partial charge in [0.15, 0.2) is 11.5 Å². The van der Waals surface area contributed by atoms with Gasteiger partial charge in [-0.15, -0.1) is 0 Å². The zero-order valence-corrected chi connectivity index (χ0v) is 9.76. The lowest BCUT2D eigenvalue weighted by molar-refractivity contribution is 0.277. The molecule has 3 nitrogen and oxygen atoms in total. The van der Waals surface area contributed by atoms with E-state index in [1.165, 1.54) is 0 Å². The van der Waals surface area contributed by atoms with Gasteiger partial charge in [-0.1, -0.05) is 42.5 Å². The van der Waals surface area contributed by atoms with Crippen LogP contribution in [0.4, 0.5) is 5.69 Å². The number of benzene rings is 2. The SMILES string of the molecule is OCc1cccc2c1OC(c1ccccc1)=CN2. The zero-order valence-electron chi connectivity index (χ0n) is 9.76. The highest BCUT2D eigenvalue weighted by atomic mass is 16.5. The van der Waals surface area contributed by atoms with Crippen LogP contribution in [0.25, 0.3) is 5.76 Å². The largest absolute Gasteiger partial charge is 0.453 e. The van der Waals surface area contributed by atoms with E-state index in [-0.39, 0.29) is 6.61 Å². The summed E-state index contributed by atoms with van der Waals surface area (Å²) >= 11 is 0. The minimum absolute atomic E-state index is 0.0348. The van der Waals surface area contributed by atoms with Crippen molar-refractivity contribution in [2.24, 2.45) is 0 Å². The first-order valence-corrected chi connectivity index (χ1v) is 5.81. The van der Waals surface area contributed by atoms with Crippen LogP contribution in [-0.4, -0.2) is 5.11 Å². The van der Waals surface area contributed by atoms with Crippen molar-refractivity contribution in [3.05, 3.63) is 65.9 Å². The van der Waals surface area contributed by atoms with Gasteiger partial charge in [-0.05, 0) is 6.07 Å². The minimum Gasteiger partial charge on any atom is -0.453 e. The van der Waals surface area contributed by atoms with Gasteiger partial charge >= 0.3 is 0 Å². The monoisotopic (exact) mass is 239 g/mol. The van der Waals surface area contributed by atoms with Gasteiger partial charge in [-0.3, -0.25) is 0 Å². The molecular weight excluding hydrogens is 226 g/mol. The van der Waals surface area contributed by atoms with Gasteiger partial charge in [0.05, 0.1) is 12.3 Å². The number of aliphatic hydroxyl groups excluding tert-OH is 1. The molecule has 2 N–H and O–H groups in total. The fourth-order valence-corrected chi connectivity index (χ4v) is 1.97. The fraction of sp³-hybridized carbons (Fsp3) is 0.0667. The van der Waals surface area contributed by atoms with E-state index in [0.717, 1.165) is 22.6 Å². The Labute approximate surface area is 105 Å². The first-order valence-electron chi connectivity index (χ1n) is 5.81. The van der Waals surface area contributed by atoms with Gasteiger partial charge in [-0.2, -0.15) is 0 Å². The van der Waals surface area contributed by atoms with Gasteiger partial charge in [0, 0.05) is 17.3 Å². The summed E-state index contributed by atoms with van der Waals surface area (Å²) in [5, 5.41) is 12.5. The second-order valence-electron chi connectivity index (χ2n) is 4.07. The van der Waals surface area contributed by atoms with Crippen LogP contribution >= 0.6 is 0 Å². The standard InChI is InChI=1S/C15H13NO2/c17-10-12-7-4-8-13-15(12)18-14(9-16-13)11-5-2-1-3-6-11/h1-9,16-17H,10H2. The quantitative estimate of drug-likeness (QED) is 0.846. The van der Waals surface area contributed by atoms with E-state index in [4.69, 9.17) is 4.74 Å². The molecule has 0 aromatic heterocycles.